The molecule has 0 radical (unpaired) electrons. The van der Waals surface area contributed by atoms with Gasteiger partial charge in [0.05, 0.1) is 11.6 Å². The summed E-state index contributed by atoms with van der Waals surface area (Å²) in [5.41, 5.74) is 0.463. The Morgan fingerprint density at radius 2 is 2.17 bits per heavy atom. The van der Waals surface area contributed by atoms with Crippen molar-refractivity contribution >= 4 is 0 Å². The van der Waals surface area contributed by atoms with E-state index in [0.717, 1.165) is 0 Å². The first-order chi connectivity index (χ1) is 8.38. The lowest BCUT2D eigenvalue weighted by Crippen LogP contribution is -2.31. The fourth-order valence-electron chi connectivity index (χ4n) is 2.64. The topological polar surface area (TPSA) is 38.0 Å². The molecular formula is C12H17F3N2O. The Balaban J connectivity index is 2.05. The van der Waals surface area contributed by atoms with Crippen LogP contribution in [0.4, 0.5) is 13.2 Å². The van der Waals surface area contributed by atoms with E-state index in [9.17, 15) is 18.3 Å². The normalized spacial score (nSPS) is 27.2. The second-order valence-corrected chi connectivity index (χ2v) is 5.02. The van der Waals surface area contributed by atoms with Gasteiger partial charge < -0.3 is 5.11 Å². The third kappa shape index (κ3) is 2.85. The van der Waals surface area contributed by atoms with E-state index in [2.05, 4.69) is 5.10 Å². The number of nitrogens with zero attached hydrogens (tertiary/aromatic N) is 2. The van der Waals surface area contributed by atoms with Gasteiger partial charge in [-0.05, 0) is 31.2 Å². The van der Waals surface area contributed by atoms with Gasteiger partial charge in [0.2, 0.25) is 0 Å². The van der Waals surface area contributed by atoms with E-state index >= 15 is 0 Å². The van der Waals surface area contributed by atoms with Crippen molar-refractivity contribution in [1.82, 2.24) is 9.78 Å². The highest BCUT2D eigenvalue weighted by Crippen LogP contribution is 2.43. The van der Waals surface area contributed by atoms with Crippen LogP contribution in [0.5, 0.6) is 0 Å². The molecule has 2 rings (SSSR count). The maximum Gasteiger partial charge on any atom is 0.391 e. The Bertz CT molecular complexity index is 402. The Hall–Kier alpha value is -1.04. The third-order valence-corrected chi connectivity index (χ3v) is 3.66. The van der Waals surface area contributed by atoms with Gasteiger partial charge in [-0.2, -0.15) is 18.3 Å². The molecule has 0 aromatic carbocycles. The van der Waals surface area contributed by atoms with Crippen LogP contribution in [-0.2, 0) is 7.05 Å². The van der Waals surface area contributed by atoms with Gasteiger partial charge >= 0.3 is 6.18 Å². The molecule has 0 spiro atoms. The van der Waals surface area contributed by atoms with Crippen molar-refractivity contribution in [3.05, 3.63) is 18.0 Å². The smallest absolute Gasteiger partial charge is 0.386 e. The van der Waals surface area contributed by atoms with Crippen LogP contribution in [0.25, 0.3) is 0 Å². The second-order valence-electron chi connectivity index (χ2n) is 5.02. The molecule has 1 saturated carbocycles. The van der Waals surface area contributed by atoms with Crippen molar-refractivity contribution in [2.45, 2.75) is 38.0 Å². The number of alkyl halides is 3. The molecule has 3 unspecified atom stereocenters. The van der Waals surface area contributed by atoms with Crippen LogP contribution in [0.3, 0.4) is 0 Å². The average Bonchev–Trinajstić information content (AvgIpc) is 2.74. The highest BCUT2D eigenvalue weighted by Gasteiger charge is 2.43. The molecule has 1 heterocycles. The number of hydrogen-bond donors (Lipinski definition) is 1. The van der Waals surface area contributed by atoms with Gasteiger partial charge in [-0.1, -0.05) is 6.42 Å². The molecule has 3 nitrogen and oxygen atoms in total. The summed E-state index contributed by atoms with van der Waals surface area (Å²) >= 11 is 0. The van der Waals surface area contributed by atoms with Crippen molar-refractivity contribution in [2.75, 3.05) is 0 Å². The van der Waals surface area contributed by atoms with Crippen LogP contribution in [-0.4, -0.2) is 21.1 Å². The summed E-state index contributed by atoms with van der Waals surface area (Å²) in [6.07, 6.45) is -2.04. The summed E-state index contributed by atoms with van der Waals surface area (Å²) in [5.74, 6) is -1.63. The molecule has 0 amide bonds. The Labute approximate surface area is 104 Å². The minimum Gasteiger partial charge on any atom is -0.386 e. The molecule has 6 heteroatoms. The van der Waals surface area contributed by atoms with Crippen LogP contribution >= 0.6 is 0 Å². The van der Waals surface area contributed by atoms with E-state index in [-0.39, 0.29) is 18.8 Å². The number of aromatic nitrogens is 2. The quantitative estimate of drug-likeness (QED) is 0.890. The zero-order chi connectivity index (χ0) is 13.3. The van der Waals surface area contributed by atoms with Gasteiger partial charge in [-0.3, -0.25) is 4.68 Å². The van der Waals surface area contributed by atoms with Crippen LogP contribution < -0.4 is 0 Å². The zero-order valence-electron chi connectivity index (χ0n) is 10.2. The predicted octanol–water partition coefficient (Wildman–Crippen LogP) is 2.82. The summed E-state index contributed by atoms with van der Waals surface area (Å²) < 4.78 is 39.6. The molecule has 1 aromatic heterocycles. The van der Waals surface area contributed by atoms with E-state index in [1.54, 1.807) is 24.0 Å². The number of rotatable bonds is 2. The highest BCUT2D eigenvalue weighted by atomic mass is 19.4. The third-order valence-electron chi connectivity index (χ3n) is 3.66. The summed E-state index contributed by atoms with van der Waals surface area (Å²) in [6, 6.07) is 1.65. The fraction of sp³-hybridized carbons (Fsp3) is 0.750. The van der Waals surface area contributed by atoms with E-state index < -0.39 is 18.2 Å². The summed E-state index contributed by atoms with van der Waals surface area (Å²) in [6.45, 7) is 0. The van der Waals surface area contributed by atoms with Crippen LogP contribution in [0, 0.1) is 11.8 Å². The van der Waals surface area contributed by atoms with Crippen LogP contribution in [0.15, 0.2) is 12.3 Å². The molecule has 0 aliphatic heterocycles. The van der Waals surface area contributed by atoms with Gasteiger partial charge in [0.15, 0.2) is 0 Å². The SMILES string of the molecule is Cn1ccc(C(O)C2CCCC(C(F)(F)F)C2)n1. The van der Waals surface area contributed by atoms with E-state index in [1.165, 1.54) is 0 Å². The molecule has 1 N–H and O–H groups in total. The Kier molecular flexibility index (Phi) is 3.66. The lowest BCUT2D eigenvalue weighted by molar-refractivity contribution is -0.189. The average molecular weight is 262 g/mol. The van der Waals surface area contributed by atoms with Gasteiger partial charge in [-0.25, -0.2) is 0 Å². The number of halogens is 3. The summed E-state index contributed by atoms with van der Waals surface area (Å²) in [7, 11) is 1.72. The molecule has 1 aliphatic rings. The van der Waals surface area contributed by atoms with Crippen molar-refractivity contribution in [2.24, 2.45) is 18.9 Å². The van der Waals surface area contributed by atoms with Crippen LogP contribution in [0.1, 0.15) is 37.5 Å². The number of aliphatic hydroxyl groups is 1. The maximum absolute atomic E-state index is 12.7. The number of hydrogen-bond acceptors (Lipinski definition) is 2. The molecule has 0 saturated heterocycles. The second kappa shape index (κ2) is 4.91. The highest BCUT2D eigenvalue weighted by molar-refractivity contribution is 5.05. The molecule has 1 fully saturated rings. The van der Waals surface area contributed by atoms with E-state index in [1.807, 2.05) is 0 Å². The van der Waals surface area contributed by atoms with Crippen LogP contribution in [0.2, 0.25) is 0 Å². The zero-order valence-corrected chi connectivity index (χ0v) is 10.2. The monoisotopic (exact) mass is 262 g/mol. The van der Waals surface area contributed by atoms with Crippen molar-refractivity contribution in [3.63, 3.8) is 0 Å². The summed E-state index contributed by atoms with van der Waals surface area (Å²) in [5, 5.41) is 14.2. The first-order valence-corrected chi connectivity index (χ1v) is 6.12. The van der Waals surface area contributed by atoms with Gasteiger partial charge in [0.1, 0.15) is 6.10 Å². The minimum atomic E-state index is -4.15. The summed E-state index contributed by atoms with van der Waals surface area (Å²) in [4.78, 5) is 0. The molecule has 1 aromatic rings. The first-order valence-electron chi connectivity index (χ1n) is 6.12. The molecule has 102 valence electrons. The Morgan fingerprint density at radius 1 is 1.44 bits per heavy atom. The van der Waals surface area contributed by atoms with Gasteiger partial charge in [0, 0.05) is 13.2 Å². The number of aryl methyl sites for hydroxylation is 1. The number of aliphatic hydroxyl groups excluding tert-OH is 1. The molecule has 0 bridgehead atoms. The predicted molar refractivity (Wildman–Crippen MR) is 59.7 cm³/mol. The molecular weight excluding hydrogens is 245 g/mol. The minimum absolute atomic E-state index is 0.00123. The first kappa shape index (κ1) is 13.4. The van der Waals surface area contributed by atoms with Crippen molar-refractivity contribution in [3.8, 4) is 0 Å². The standard InChI is InChI=1S/C12H17F3N2O/c1-17-6-5-10(16-17)11(18)8-3-2-4-9(7-8)12(13,14)15/h5-6,8-9,11,18H,2-4,7H2,1H3. The lowest BCUT2D eigenvalue weighted by atomic mass is 9.77. The Morgan fingerprint density at radius 3 is 2.72 bits per heavy atom. The van der Waals surface area contributed by atoms with Gasteiger partial charge in [0.25, 0.3) is 0 Å². The van der Waals surface area contributed by atoms with Gasteiger partial charge in [-0.15, -0.1) is 0 Å². The lowest BCUT2D eigenvalue weighted by Gasteiger charge is -2.32. The maximum atomic E-state index is 12.7. The molecule has 1 aliphatic carbocycles. The largest absolute Gasteiger partial charge is 0.391 e. The van der Waals surface area contributed by atoms with Crippen molar-refractivity contribution < 1.29 is 18.3 Å². The van der Waals surface area contributed by atoms with Crippen molar-refractivity contribution in [1.29, 1.82) is 0 Å². The molecule has 18 heavy (non-hydrogen) atoms. The van der Waals surface area contributed by atoms with E-state index in [4.69, 9.17) is 0 Å². The fourth-order valence-corrected chi connectivity index (χ4v) is 2.64. The van der Waals surface area contributed by atoms with E-state index in [0.29, 0.717) is 18.5 Å². The molecule has 3 atom stereocenters.